The number of nitrogens with one attached hydrogen (secondary N) is 2. The molecule has 0 saturated carbocycles. The Morgan fingerprint density at radius 1 is 1.30 bits per heavy atom. The Balaban J connectivity index is 1.62. The van der Waals surface area contributed by atoms with Crippen LogP contribution in [0.25, 0.3) is 0 Å². The molecular formula is C15H18N4O3S. The molecule has 1 aromatic heterocycles. The van der Waals surface area contributed by atoms with Crippen LogP contribution < -0.4 is 10.0 Å². The molecule has 0 atom stereocenters. The average molecular weight is 334 g/mol. The fourth-order valence-electron chi connectivity index (χ4n) is 2.16. The summed E-state index contributed by atoms with van der Waals surface area (Å²) in [6.07, 6.45) is 1.62. The van der Waals surface area contributed by atoms with Crippen LogP contribution in [0.4, 0.5) is 0 Å². The Hall–Kier alpha value is -2.32. The second-order valence-corrected chi connectivity index (χ2v) is 6.99. The molecule has 0 amide bonds. The van der Waals surface area contributed by atoms with E-state index in [-0.39, 0.29) is 10.9 Å². The molecule has 0 aliphatic carbocycles. The van der Waals surface area contributed by atoms with Crippen molar-refractivity contribution in [1.82, 2.24) is 14.9 Å². The Bertz CT molecular complexity index is 783. The molecule has 2 heterocycles. The van der Waals surface area contributed by atoms with Gasteiger partial charge in [-0.2, -0.15) is 0 Å². The molecule has 0 saturated heterocycles. The van der Waals surface area contributed by atoms with Crippen molar-refractivity contribution in [2.75, 3.05) is 13.3 Å². The van der Waals surface area contributed by atoms with E-state index >= 15 is 0 Å². The number of hydrogen-bond acceptors (Lipinski definition) is 6. The van der Waals surface area contributed by atoms with E-state index in [1.165, 1.54) is 0 Å². The van der Waals surface area contributed by atoms with Crippen molar-refractivity contribution >= 4 is 16.0 Å². The van der Waals surface area contributed by atoms with Crippen LogP contribution in [0.3, 0.4) is 0 Å². The highest BCUT2D eigenvalue weighted by molar-refractivity contribution is 7.90. The predicted molar refractivity (Wildman–Crippen MR) is 86.1 cm³/mol. The SMILES string of the molecule is Cc1ccc(S(=O)(=O)NC2=NCN(Cc3ccco3)CN2)cc1. The Morgan fingerprint density at radius 3 is 2.70 bits per heavy atom. The van der Waals surface area contributed by atoms with Gasteiger partial charge in [-0.15, -0.1) is 0 Å². The summed E-state index contributed by atoms with van der Waals surface area (Å²) in [6, 6.07) is 10.4. The van der Waals surface area contributed by atoms with Gasteiger partial charge in [0, 0.05) is 0 Å². The molecule has 1 aromatic carbocycles. The Morgan fingerprint density at radius 2 is 2.09 bits per heavy atom. The number of nitrogens with zero attached hydrogens (tertiary/aromatic N) is 2. The standard InChI is InChI=1S/C15H18N4O3S/c1-12-4-6-14(7-5-12)23(20,21)18-15-16-10-19(11-17-15)9-13-3-2-8-22-13/h2-8H,9-11H2,1H3,(H2,16,17,18). The number of rotatable bonds is 4. The molecule has 7 nitrogen and oxygen atoms in total. The minimum atomic E-state index is -3.62. The van der Waals surface area contributed by atoms with Gasteiger partial charge in [-0.1, -0.05) is 17.7 Å². The molecule has 1 aliphatic rings. The predicted octanol–water partition coefficient (Wildman–Crippen LogP) is 1.24. The van der Waals surface area contributed by atoms with Gasteiger partial charge in [0.2, 0.25) is 5.96 Å². The van der Waals surface area contributed by atoms with Crippen LogP contribution in [0.1, 0.15) is 11.3 Å². The number of aryl methyl sites for hydroxylation is 1. The zero-order valence-corrected chi connectivity index (χ0v) is 13.5. The van der Waals surface area contributed by atoms with E-state index in [1.54, 1.807) is 30.5 Å². The molecule has 2 N–H and O–H groups in total. The van der Waals surface area contributed by atoms with Crippen LogP contribution in [0.5, 0.6) is 0 Å². The maximum absolute atomic E-state index is 12.3. The molecular weight excluding hydrogens is 316 g/mol. The number of aliphatic imine (C=N–C) groups is 1. The maximum atomic E-state index is 12.3. The van der Waals surface area contributed by atoms with E-state index in [0.717, 1.165) is 11.3 Å². The third-order valence-electron chi connectivity index (χ3n) is 3.42. The smallest absolute Gasteiger partial charge is 0.264 e. The fourth-order valence-corrected chi connectivity index (χ4v) is 3.17. The molecule has 8 heteroatoms. The van der Waals surface area contributed by atoms with E-state index in [0.29, 0.717) is 19.9 Å². The second kappa shape index (κ2) is 6.43. The number of guanidine groups is 1. The first-order valence-corrected chi connectivity index (χ1v) is 8.64. The van der Waals surface area contributed by atoms with E-state index in [1.807, 2.05) is 24.0 Å². The molecule has 122 valence electrons. The monoisotopic (exact) mass is 334 g/mol. The van der Waals surface area contributed by atoms with Crippen molar-refractivity contribution in [3.63, 3.8) is 0 Å². The molecule has 0 bridgehead atoms. The number of hydrogen-bond donors (Lipinski definition) is 2. The topological polar surface area (TPSA) is 86.9 Å². The van der Waals surface area contributed by atoms with Crippen molar-refractivity contribution in [3.05, 3.63) is 54.0 Å². The Kier molecular flexibility index (Phi) is 4.35. The van der Waals surface area contributed by atoms with Crippen LogP contribution in [-0.2, 0) is 16.6 Å². The maximum Gasteiger partial charge on any atom is 0.264 e. The highest BCUT2D eigenvalue weighted by Gasteiger charge is 2.19. The molecule has 2 aromatic rings. The average Bonchev–Trinajstić information content (AvgIpc) is 3.02. The lowest BCUT2D eigenvalue weighted by Gasteiger charge is -2.26. The minimum Gasteiger partial charge on any atom is -0.468 e. The quantitative estimate of drug-likeness (QED) is 0.878. The first kappa shape index (κ1) is 15.6. The highest BCUT2D eigenvalue weighted by Crippen LogP contribution is 2.10. The lowest BCUT2D eigenvalue weighted by Crippen LogP contribution is -2.49. The van der Waals surface area contributed by atoms with Gasteiger partial charge in [0.25, 0.3) is 10.0 Å². The van der Waals surface area contributed by atoms with Crippen molar-refractivity contribution in [1.29, 1.82) is 0 Å². The molecule has 0 spiro atoms. The summed E-state index contributed by atoms with van der Waals surface area (Å²) in [5.41, 5.74) is 1.01. The zero-order chi connectivity index (χ0) is 16.3. The van der Waals surface area contributed by atoms with E-state index in [2.05, 4.69) is 15.0 Å². The van der Waals surface area contributed by atoms with Gasteiger partial charge in [-0.25, -0.2) is 18.1 Å². The van der Waals surface area contributed by atoms with Crippen LogP contribution >= 0.6 is 0 Å². The summed E-state index contributed by atoms with van der Waals surface area (Å²) < 4.78 is 32.3. The van der Waals surface area contributed by atoms with Gasteiger partial charge in [-0.05, 0) is 31.2 Å². The van der Waals surface area contributed by atoms with Crippen molar-refractivity contribution in [2.45, 2.75) is 18.4 Å². The van der Waals surface area contributed by atoms with Gasteiger partial charge in [0.15, 0.2) is 0 Å². The first-order chi connectivity index (χ1) is 11.0. The van der Waals surface area contributed by atoms with E-state index < -0.39 is 10.0 Å². The number of sulfonamides is 1. The van der Waals surface area contributed by atoms with Gasteiger partial charge >= 0.3 is 0 Å². The summed E-state index contributed by atoms with van der Waals surface area (Å²) in [6.45, 7) is 3.39. The number of benzene rings is 1. The molecule has 23 heavy (non-hydrogen) atoms. The molecule has 0 unspecified atom stereocenters. The van der Waals surface area contributed by atoms with Crippen LogP contribution in [-0.4, -0.2) is 32.6 Å². The fraction of sp³-hybridized carbons (Fsp3) is 0.267. The van der Waals surface area contributed by atoms with Crippen LogP contribution in [0.2, 0.25) is 0 Å². The lowest BCUT2D eigenvalue weighted by atomic mass is 10.2. The first-order valence-electron chi connectivity index (χ1n) is 7.15. The van der Waals surface area contributed by atoms with Crippen LogP contribution in [0.15, 0.2) is 57.0 Å². The van der Waals surface area contributed by atoms with Crippen molar-refractivity contribution in [3.8, 4) is 0 Å². The number of furan rings is 1. The van der Waals surface area contributed by atoms with E-state index in [4.69, 9.17) is 4.42 Å². The summed E-state index contributed by atoms with van der Waals surface area (Å²) in [7, 11) is -3.62. The molecule has 1 aliphatic heterocycles. The molecule has 0 fully saturated rings. The second-order valence-electron chi connectivity index (χ2n) is 5.31. The minimum absolute atomic E-state index is 0.214. The summed E-state index contributed by atoms with van der Waals surface area (Å²) in [5, 5.41) is 2.96. The molecule has 0 radical (unpaired) electrons. The molecule has 3 rings (SSSR count). The highest BCUT2D eigenvalue weighted by atomic mass is 32.2. The van der Waals surface area contributed by atoms with Gasteiger partial charge < -0.3 is 9.73 Å². The van der Waals surface area contributed by atoms with Crippen molar-refractivity contribution in [2.24, 2.45) is 4.99 Å². The third kappa shape index (κ3) is 3.91. The Labute approximate surface area is 135 Å². The third-order valence-corrected chi connectivity index (χ3v) is 4.78. The summed E-state index contributed by atoms with van der Waals surface area (Å²) >= 11 is 0. The lowest BCUT2D eigenvalue weighted by molar-refractivity contribution is 0.235. The van der Waals surface area contributed by atoms with Crippen LogP contribution in [0, 0.1) is 6.92 Å². The zero-order valence-electron chi connectivity index (χ0n) is 12.7. The van der Waals surface area contributed by atoms with Gasteiger partial charge in [0.05, 0.1) is 31.0 Å². The van der Waals surface area contributed by atoms with Crippen molar-refractivity contribution < 1.29 is 12.8 Å². The normalized spacial score (nSPS) is 15.8. The van der Waals surface area contributed by atoms with Gasteiger partial charge in [-0.3, -0.25) is 4.90 Å². The van der Waals surface area contributed by atoms with Gasteiger partial charge in [0.1, 0.15) is 5.76 Å². The largest absolute Gasteiger partial charge is 0.468 e. The van der Waals surface area contributed by atoms with E-state index in [9.17, 15) is 8.42 Å². The summed E-state index contributed by atoms with van der Waals surface area (Å²) in [5.74, 6) is 1.09. The summed E-state index contributed by atoms with van der Waals surface area (Å²) in [4.78, 5) is 6.42.